The molecule has 2 aromatic rings. The molecular formula is C20H18F7N5O5. The van der Waals surface area contributed by atoms with Gasteiger partial charge >= 0.3 is 24.3 Å². The number of aliphatic carboxylic acids is 2. The first-order chi connectivity index (χ1) is 17.1. The first kappa shape index (κ1) is 29.2. The number of hydrogen-bond donors (Lipinski definition) is 2. The lowest BCUT2D eigenvalue weighted by Crippen LogP contribution is -2.40. The van der Waals surface area contributed by atoms with E-state index in [1.165, 1.54) is 12.3 Å². The molecule has 17 heteroatoms. The first-order valence-corrected chi connectivity index (χ1v) is 10.2. The third kappa shape index (κ3) is 7.71. The van der Waals surface area contributed by atoms with Crippen molar-refractivity contribution in [1.29, 1.82) is 0 Å². The first-order valence-electron chi connectivity index (χ1n) is 10.2. The summed E-state index contributed by atoms with van der Waals surface area (Å²) in [6.07, 6.45) is -2.50. The molecule has 0 saturated carbocycles. The van der Waals surface area contributed by atoms with Crippen LogP contribution in [0, 0.1) is 5.82 Å². The van der Waals surface area contributed by atoms with E-state index in [1.54, 1.807) is 23.4 Å². The zero-order valence-electron chi connectivity index (χ0n) is 18.4. The molecule has 2 aliphatic rings. The SMILES string of the molecule is O=C(O)C(F)(F)F.O=C(O)C(F)(F)F.O=C(c1ccncc1F)N1CC[C@H]2[C@H]1CCN2c1ncccn1. The van der Waals surface area contributed by atoms with Crippen molar-refractivity contribution in [2.45, 2.75) is 37.3 Å². The number of carbonyl (C=O) groups excluding carboxylic acids is 1. The third-order valence-corrected chi connectivity index (χ3v) is 5.13. The van der Waals surface area contributed by atoms with Crippen molar-refractivity contribution in [2.75, 3.05) is 18.0 Å². The van der Waals surface area contributed by atoms with Crippen LogP contribution >= 0.6 is 0 Å². The highest BCUT2D eigenvalue weighted by Gasteiger charge is 2.45. The molecule has 2 atom stereocenters. The molecule has 10 nitrogen and oxygen atoms in total. The number of carboxylic acid groups (broad SMARTS) is 2. The molecule has 2 N–H and O–H groups in total. The molecule has 0 bridgehead atoms. The second-order valence-electron chi connectivity index (χ2n) is 7.41. The topological polar surface area (TPSA) is 137 Å². The minimum atomic E-state index is -5.08. The molecule has 1 amide bonds. The summed E-state index contributed by atoms with van der Waals surface area (Å²) in [4.78, 5) is 46.7. The fourth-order valence-electron chi connectivity index (χ4n) is 3.63. The summed E-state index contributed by atoms with van der Waals surface area (Å²) in [5.41, 5.74) is 0.0926. The minimum absolute atomic E-state index is 0.0823. The fraction of sp³-hybridized carbons (Fsp3) is 0.400. The molecule has 2 aromatic heterocycles. The van der Waals surface area contributed by atoms with Gasteiger partial charge in [0, 0.05) is 31.7 Å². The van der Waals surface area contributed by atoms with Crippen LogP contribution in [0.1, 0.15) is 23.2 Å². The number of rotatable bonds is 2. The average molecular weight is 541 g/mol. The number of alkyl halides is 6. The standard InChI is InChI=1S/C16H16FN5O.2C2HF3O2/c17-12-10-18-7-2-11(12)15(23)21-8-3-14-13(21)4-9-22(14)16-19-5-1-6-20-16;2*3-2(4,5)1(6)7/h1-2,5-7,10,13-14H,3-4,8-9H2;2*(H,6,7)/t13-,14+;;/m1../s1. The smallest absolute Gasteiger partial charge is 0.475 e. The Kier molecular flexibility index (Phi) is 9.30. The van der Waals surface area contributed by atoms with Crippen LogP contribution < -0.4 is 4.90 Å². The normalized spacial score (nSPS) is 18.7. The van der Waals surface area contributed by atoms with E-state index in [9.17, 15) is 35.5 Å². The lowest BCUT2D eigenvalue weighted by atomic mass is 10.1. The van der Waals surface area contributed by atoms with E-state index in [1.807, 2.05) is 0 Å². The van der Waals surface area contributed by atoms with Gasteiger partial charge in [-0.15, -0.1) is 0 Å². The van der Waals surface area contributed by atoms with Gasteiger partial charge in [-0.1, -0.05) is 0 Å². The molecule has 0 aliphatic carbocycles. The molecular weight excluding hydrogens is 523 g/mol. The maximum absolute atomic E-state index is 13.8. The van der Waals surface area contributed by atoms with Crippen LogP contribution in [0.5, 0.6) is 0 Å². The van der Waals surface area contributed by atoms with Crippen LogP contribution in [0.15, 0.2) is 36.9 Å². The van der Waals surface area contributed by atoms with E-state index in [0.29, 0.717) is 12.5 Å². The van der Waals surface area contributed by atoms with Crippen LogP contribution in [0.3, 0.4) is 0 Å². The van der Waals surface area contributed by atoms with Gasteiger partial charge in [0.15, 0.2) is 5.82 Å². The molecule has 202 valence electrons. The Morgan fingerprint density at radius 1 is 0.865 bits per heavy atom. The van der Waals surface area contributed by atoms with Crippen molar-refractivity contribution < 1.29 is 55.3 Å². The Morgan fingerprint density at radius 2 is 1.38 bits per heavy atom. The molecule has 2 fully saturated rings. The zero-order valence-corrected chi connectivity index (χ0v) is 18.4. The predicted molar refractivity (Wildman–Crippen MR) is 109 cm³/mol. The summed E-state index contributed by atoms with van der Waals surface area (Å²) >= 11 is 0. The van der Waals surface area contributed by atoms with Gasteiger partial charge in [0.2, 0.25) is 5.95 Å². The fourth-order valence-corrected chi connectivity index (χ4v) is 3.63. The highest BCUT2D eigenvalue weighted by molar-refractivity contribution is 5.95. The highest BCUT2D eigenvalue weighted by Crippen LogP contribution is 2.34. The van der Waals surface area contributed by atoms with E-state index < -0.39 is 30.1 Å². The molecule has 0 spiro atoms. The van der Waals surface area contributed by atoms with Gasteiger partial charge in [-0.2, -0.15) is 26.3 Å². The molecule has 4 rings (SSSR count). The number of carbonyl (C=O) groups is 3. The van der Waals surface area contributed by atoms with Crippen molar-refractivity contribution in [1.82, 2.24) is 19.9 Å². The van der Waals surface area contributed by atoms with E-state index >= 15 is 0 Å². The second-order valence-corrected chi connectivity index (χ2v) is 7.41. The van der Waals surface area contributed by atoms with Gasteiger partial charge in [-0.25, -0.2) is 23.9 Å². The average Bonchev–Trinajstić information content (AvgIpc) is 3.41. The Hall–Kier alpha value is -4.05. The summed E-state index contributed by atoms with van der Waals surface area (Å²) in [5.74, 6) is -5.64. The Bertz CT molecular complexity index is 1080. The minimum Gasteiger partial charge on any atom is -0.475 e. The number of nitrogens with zero attached hydrogens (tertiary/aromatic N) is 5. The quantitative estimate of drug-likeness (QED) is 0.550. The van der Waals surface area contributed by atoms with Crippen LogP contribution in [0.4, 0.5) is 36.7 Å². The van der Waals surface area contributed by atoms with Gasteiger partial charge < -0.3 is 20.0 Å². The predicted octanol–water partition coefficient (Wildman–Crippen LogP) is 2.77. The second kappa shape index (κ2) is 11.8. The van der Waals surface area contributed by atoms with E-state index in [0.717, 1.165) is 25.6 Å². The third-order valence-electron chi connectivity index (χ3n) is 5.13. The number of anilines is 1. The molecule has 2 saturated heterocycles. The number of halogens is 7. The van der Waals surface area contributed by atoms with Crippen LogP contribution in [0.2, 0.25) is 0 Å². The number of amides is 1. The largest absolute Gasteiger partial charge is 0.490 e. The molecule has 4 heterocycles. The van der Waals surface area contributed by atoms with Crippen molar-refractivity contribution in [3.8, 4) is 0 Å². The molecule has 2 aliphatic heterocycles. The van der Waals surface area contributed by atoms with Crippen LogP contribution in [0.25, 0.3) is 0 Å². The number of carboxylic acids is 2. The van der Waals surface area contributed by atoms with Gasteiger partial charge in [-0.05, 0) is 25.0 Å². The van der Waals surface area contributed by atoms with Gasteiger partial charge in [-0.3, -0.25) is 9.78 Å². The molecule has 37 heavy (non-hydrogen) atoms. The number of hydrogen-bond acceptors (Lipinski definition) is 7. The number of aromatic nitrogens is 3. The summed E-state index contributed by atoms with van der Waals surface area (Å²) in [6, 6.07) is 3.51. The van der Waals surface area contributed by atoms with Gasteiger partial charge in [0.1, 0.15) is 0 Å². The lowest BCUT2D eigenvalue weighted by Gasteiger charge is -2.25. The van der Waals surface area contributed by atoms with Crippen LogP contribution in [-0.4, -0.2) is 85.4 Å². The van der Waals surface area contributed by atoms with Crippen molar-refractivity contribution in [2.24, 2.45) is 0 Å². The van der Waals surface area contributed by atoms with Crippen molar-refractivity contribution in [3.63, 3.8) is 0 Å². The number of pyridine rings is 1. The van der Waals surface area contributed by atoms with Crippen molar-refractivity contribution >= 4 is 23.8 Å². The summed E-state index contributed by atoms with van der Waals surface area (Å²) in [5, 5.41) is 14.2. The number of likely N-dealkylation sites (tertiary alicyclic amines) is 1. The Morgan fingerprint density at radius 3 is 1.86 bits per heavy atom. The molecule has 0 aromatic carbocycles. The molecule has 0 unspecified atom stereocenters. The highest BCUT2D eigenvalue weighted by atomic mass is 19.4. The maximum atomic E-state index is 13.8. The van der Waals surface area contributed by atoms with Crippen LogP contribution in [-0.2, 0) is 9.59 Å². The van der Waals surface area contributed by atoms with Gasteiger partial charge in [0.05, 0.1) is 23.8 Å². The van der Waals surface area contributed by atoms with Crippen molar-refractivity contribution in [3.05, 3.63) is 48.3 Å². The lowest BCUT2D eigenvalue weighted by molar-refractivity contribution is -0.193. The van der Waals surface area contributed by atoms with E-state index in [4.69, 9.17) is 19.8 Å². The van der Waals surface area contributed by atoms with E-state index in [2.05, 4.69) is 19.9 Å². The summed E-state index contributed by atoms with van der Waals surface area (Å²) in [6.45, 7) is 1.43. The zero-order chi connectivity index (χ0) is 28.0. The van der Waals surface area contributed by atoms with Gasteiger partial charge in [0.25, 0.3) is 5.91 Å². The summed E-state index contributed by atoms with van der Waals surface area (Å²) < 4.78 is 77.3. The summed E-state index contributed by atoms with van der Waals surface area (Å²) in [7, 11) is 0. The molecule has 0 radical (unpaired) electrons. The number of fused-ring (bicyclic) bond motifs is 1. The van der Waals surface area contributed by atoms with E-state index in [-0.39, 0.29) is 23.6 Å². The Balaban J connectivity index is 0.000000286. The monoisotopic (exact) mass is 541 g/mol. The Labute approximate surface area is 203 Å². The maximum Gasteiger partial charge on any atom is 0.490 e.